The average molecular weight is 800 g/mol. The Balaban J connectivity index is 0.975. The Morgan fingerprint density at radius 3 is 2.41 bits per heavy atom. The van der Waals surface area contributed by atoms with Gasteiger partial charge in [0.15, 0.2) is 6.61 Å². The van der Waals surface area contributed by atoms with Crippen molar-refractivity contribution in [2.45, 2.75) is 52.1 Å². The van der Waals surface area contributed by atoms with Gasteiger partial charge in [-0.2, -0.15) is 0 Å². The number of aliphatic imine (C=N–C) groups is 1. The number of hydrogen-bond acceptors (Lipinski definition) is 12. The third-order valence-corrected chi connectivity index (χ3v) is 11.6. The maximum Gasteiger partial charge on any atom is 0.266 e. The van der Waals surface area contributed by atoms with Crippen molar-refractivity contribution < 1.29 is 33.5 Å². The molecule has 2 atom stereocenters. The minimum absolute atomic E-state index is 0.00772. The van der Waals surface area contributed by atoms with E-state index in [0.29, 0.717) is 28.8 Å². The number of amidine groups is 2. The first-order chi connectivity index (χ1) is 26.7. The lowest BCUT2D eigenvalue weighted by Crippen LogP contribution is -2.56. The summed E-state index contributed by atoms with van der Waals surface area (Å²) >= 11 is 7.66. The van der Waals surface area contributed by atoms with Gasteiger partial charge in [-0.15, -0.1) is 11.3 Å². The number of hydrazine groups is 1. The number of rotatable bonds is 8. The summed E-state index contributed by atoms with van der Waals surface area (Å²) in [4.78, 5) is 87.3. The van der Waals surface area contributed by atoms with Gasteiger partial charge >= 0.3 is 0 Å². The van der Waals surface area contributed by atoms with Gasteiger partial charge in [0.2, 0.25) is 17.7 Å². The zero-order chi connectivity index (χ0) is 40.0. The van der Waals surface area contributed by atoms with Gasteiger partial charge in [-0.25, -0.2) is 5.01 Å². The van der Waals surface area contributed by atoms with E-state index in [1.54, 1.807) is 33.9 Å². The van der Waals surface area contributed by atoms with Crippen molar-refractivity contribution in [2.75, 3.05) is 37.7 Å². The first-order valence-corrected chi connectivity index (χ1v) is 19.1. The first kappa shape index (κ1) is 38.5. The van der Waals surface area contributed by atoms with Gasteiger partial charge in [0.25, 0.3) is 17.7 Å². The van der Waals surface area contributed by atoms with E-state index in [9.17, 15) is 28.8 Å². The highest BCUT2D eigenvalue weighted by Gasteiger charge is 2.46. The molecule has 16 nitrogen and oxygen atoms in total. The van der Waals surface area contributed by atoms with E-state index in [1.807, 2.05) is 26.0 Å². The van der Waals surface area contributed by atoms with Crippen LogP contribution in [-0.4, -0.2) is 113 Å². The summed E-state index contributed by atoms with van der Waals surface area (Å²) in [6, 6.07) is 9.62. The van der Waals surface area contributed by atoms with Crippen molar-refractivity contribution in [1.82, 2.24) is 25.6 Å². The number of carbonyl (C=O) groups is 6. The van der Waals surface area contributed by atoms with E-state index in [-0.39, 0.29) is 72.7 Å². The number of imide groups is 2. The Morgan fingerprint density at radius 2 is 1.73 bits per heavy atom. The molecule has 0 radical (unpaired) electrons. The fourth-order valence-corrected chi connectivity index (χ4v) is 8.54. The quantitative estimate of drug-likeness (QED) is 0.150. The summed E-state index contributed by atoms with van der Waals surface area (Å²) in [5.41, 5.74) is 6.06. The number of ether oxygens (including phenoxy) is 1. The van der Waals surface area contributed by atoms with Crippen LogP contribution in [0.1, 0.15) is 68.5 Å². The zero-order valence-electron chi connectivity index (χ0n) is 30.7. The zero-order valence-corrected chi connectivity index (χ0v) is 32.3. The Labute approximate surface area is 330 Å². The average Bonchev–Trinajstić information content (AvgIpc) is 3.54. The number of fused-ring (bicyclic) bond motifs is 2. The van der Waals surface area contributed by atoms with Crippen LogP contribution in [0.15, 0.2) is 47.5 Å². The van der Waals surface area contributed by atoms with Crippen LogP contribution < -0.4 is 20.4 Å². The maximum atomic E-state index is 13.5. The van der Waals surface area contributed by atoms with Crippen molar-refractivity contribution in [3.8, 4) is 5.75 Å². The van der Waals surface area contributed by atoms with Crippen LogP contribution in [0.4, 0.5) is 5.00 Å². The highest BCUT2D eigenvalue weighted by molar-refractivity contribution is 7.17. The highest BCUT2D eigenvalue weighted by atomic mass is 35.5. The van der Waals surface area contributed by atoms with Gasteiger partial charge in [-0.05, 0) is 57.0 Å². The van der Waals surface area contributed by atoms with E-state index in [4.69, 9.17) is 32.1 Å². The highest BCUT2D eigenvalue weighted by Crippen LogP contribution is 2.40. The lowest BCUT2D eigenvalue weighted by atomic mass is 9.99. The van der Waals surface area contributed by atoms with Crippen molar-refractivity contribution in [1.29, 1.82) is 10.8 Å². The molecule has 0 saturated carbocycles. The van der Waals surface area contributed by atoms with E-state index < -0.39 is 42.3 Å². The number of aryl methyl sites for hydroxylation is 1. The normalized spacial score (nSPS) is 20.0. The number of carbonyl (C=O) groups excluding carboxylic acids is 6. The molecule has 290 valence electrons. The standard InChI is InChI=1S/C38H38ClN9O7S/c1-19-20(2)56-38-31(19)33(22-7-9-23(39)10-8-22)42-25(34(41)47(38)21(3)40)17-29(50)44-46-15-13-45(14-16-46)30(51)18-55-27-6-4-5-24-32(27)37(54)48(36(24)53)26-11-12-28(49)43-35(26)52/h4-10,25-26,40-41H,11-18H2,1-3H3,(H,44,50)(H,43,49,52)/t25-,26?/m0/s1. The molecule has 0 spiro atoms. The summed E-state index contributed by atoms with van der Waals surface area (Å²) in [7, 11) is 0. The predicted molar refractivity (Wildman–Crippen MR) is 208 cm³/mol. The van der Waals surface area contributed by atoms with E-state index in [0.717, 1.165) is 26.5 Å². The topological polar surface area (TPSA) is 209 Å². The number of nitrogens with one attached hydrogen (secondary N) is 4. The van der Waals surface area contributed by atoms with Crippen molar-refractivity contribution in [3.63, 3.8) is 0 Å². The fraction of sp³-hybridized carbons (Fsp3) is 0.342. The number of piperidine rings is 1. The second kappa shape index (κ2) is 15.4. The van der Waals surface area contributed by atoms with Gasteiger partial charge in [-0.1, -0.05) is 29.8 Å². The summed E-state index contributed by atoms with van der Waals surface area (Å²) < 4.78 is 5.78. The number of anilines is 1. The smallest absolute Gasteiger partial charge is 0.266 e. The Kier molecular flexibility index (Phi) is 10.6. The first-order valence-electron chi connectivity index (χ1n) is 17.9. The van der Waals surface area contributed by atoms with Crippen LogP contribution in [0.2, 0.25) is 5.02 Å². The molecule has 1 unspecified atom stereocenters. The van der Waals surface area contributed by atoms with E-state index >= 15 is 0 Å². The molecule has 56 heavy (non-hydrogen) atoms. The Hall–Kier alpha value is -5.78. The third kappa shape index (κ3) is 7.20. The molecule has 0 bridgehead atoms. The maximum absolute atomic E-state index is 13.5. The van der Waals surface area contributed by atoms with Crippen LogP contribution in [0.5, 0.6) is 5.75 Å². The largest absolute Gasteiger partial charge is 0.483 e. The summed E-state index contributed by atoms with van der Waals surface area (Å²) in [5, 5.41) is 22.8. The predicted octanol–water partition coefficient (Wildman–Crippen LogP) is 3.06. The fourth-order valence-electron chi connectivity index (χ4n) is 7.19. The van der Waals surface area contributed by atoms with Crippen molar-refractivity contribution in [2.24, 2.45) is 4.99 Å². The molecule has 7 rings (SSSR count). The molecule has 4 aliphatic rings. The molecule has 6 amide bonds. The van der Waals surface area contributed by atoms with Gasteiger partial charge in [0.05, 0.1) is 23.3 Å². The number of amides is 6. The molecule has 5 heterocycles. The molecule has 4 N–H and O–H groups in total. The van der Waals surface area contributed by atoms with Gasteiger partial charge < -0.3 is 9.64 Å². The number of hydrogen-bond donors (Lipinski definition) is 4. The lowest BCUT2D eigenvalue weighted by molar-refractivity contribution is -0.137. The monoisotopic (exact) mass is 799 g/mol. The minimum Gasteiger partial charge on any atom is -0.483 e. The van der Waals surface area contributed by atoms with Crippen LogP contribution in [0, 0.1) is 24.7 Å². The number of halogens is 1. The van der Waals surface area contributed by atoms with Crippen molar-refractivity contribution >= 4 is 80.8 Å². The molecular weight excluding hydrogens is 762 g/mol. The SMILES string of the molecule is CC(=N)N1C(=N)[C@H](CC(=O)NN2CCN(C(=O)COc3cccc4c3C(=O)N(C3CCC(=O)NC3=O)C4=O)CC2)N=C(c2ccc(Cl)cc2)c2c1sc(C)c2C. The summed E-state index contributed by atoms with van der Waals surface area (Å²) in [5.74, 6) is -3.20. The molecule has 2 fully saturated rings. The van der Waals surface area contributed by atoms with Crippen LogP contribution >= 0.6 is 22.9 Å². The molecule has 18 heteroatoms. The molecular formula is C38H38ClN9O7S. The van der Waals surface area contributed by atoms with Crippen LogP contribution in [0.3, 0.4) is 0 Å². The number of nitrogens with zero attached hydrogens (tertiary/aromatic N) is 5. The molecule has 1 aromatic heterocycles. The Bertz CT molecular complexity index is 2250. The second-order valence-corrected chi connectivity index (χ2v) is 15.4. The Morgan fingerprint density at radius 1 is 1.02 bits per heavy atom. The molecule has 4 aliphatic heterocycles. The number of thiophene rings is 1. The molecule has 2 saturated heterocycles. The molecule has 2 aromatic carbocycles. The summed E-state index contributed by atoms with van der Waals surface area (Å²) in [6.45, 7) is 6.26. The van der Waals surface area contributed by atoms with Gasteiger partial charge in [-0.3, -0.25) is 65.1 Å². The third-order valence-electron chi connectivity index (χ3n) is 10.2. The van der Waals surface area contributed by atoms with Crippen molar-refractivity contribution in [3.05, 3.63) is 80.2 Å². The molecule has 3 aromatic rings. The molecule has 0 aliphatic carbocycles. The van der Waals surface area contributed by atoms with Gasteiger partial charge in [0, 0.05) is 53.6 Å². The van der Waals surface area contributed by atoms with E-state index in [2.05, 4.69) is 10.7 Å². The van der Waals surface area contributed by atoms with Gasteiger partial charge in [0.1, 0.15) is 34.5 Å². The van der Waals surface area contributed by atoms with Crippen LogP contribution in [0.25, 0.3) is 0 Å². The lowest BCUT2D eigenvalue weighted by Gasteiger charge is -2.35. The minimum atomic E-state index is -1.13. The second-order valence-electron chi connectivity index (χ2n) is 13.8. The summed E-state index contributed by atoms with van der Waals surface area (Å²) in [6.07, 6.45) is -0.160. The van der Waals surface area contributed by atoms with E-state index in [1.165, 1.54) is 29.5 Å². The number of benzene rings is 2. The number of piperazine rings is 1. The van der Waals surface area contributed by atoms with Crippen LogP contribution in [-0.2, 0) is 19.2 Å².